The summed E-state index contributed by atoms with van der Waals surface area (Å²) in [5, 5.41) is 2.82. The van der Waals surface area contributed by atoms with Gasteiger partial charge in [0.25, 0.3) is 11.1 Å². The minimum absolute atomic E-state index is 0.261. The molecule has 1 aromatic carbocycles. The van der Waals surface area contributed by atoms with E-state index < -0.39 is 4.93 Å². The number of thioether (sulfide) groups is 1. The highest BCUT2D eigenvalue weighted by Crippen LogP contribution is 2.38. The number of benzene rings is 1. The molecule has 1 N–H and O–H groups in total. The molecule has 1 aliphatic heterocycles. The van der Waals surface area contributed by atoms with Gasteiger partial charge in [0.05, 0.1) is 13.2 Å². The number of ether oxygens (including phenoxy) is 1. The summed E-state index contributed by atoms with van der Waals surface area (Å²) < 4.78 is 5.72. The van der Waals surface area contributed by atoms with Crippen molar-refractivity contribution in [2.75, 3.05) is 18.5 Å². The van der Waals surface area contributed by atoms with Gasteiger partial charge in [0.2, 0.25) is 0 Å². The topological polar surface area (TPSA) is 71.5 Å². The van der Waals surface area contributed by atoms with Crippen LogP contribution in [-0.2, 0) is 16.1 Å². The zero-order valence-corrected chi connectivity index (χ0v) is 14.7. The van der Waals surface area contributed by atoms with Crippen molar-refractivity contribution in [1.29, 1.82) is 0 Å². The summed E-state index contributed by atoms with van der Waals surface area (Å²) in [5.74, 6) is 0.424. The third-order valence-corrected chi connectivity index (χ3v) is 4.85. The Morgan fingerprint density at radius 2 is 1.92 bits per heavy atom. The van der Waals surface area contributed by atoms with Crippen molar-refractivity contribution >= 4 is 28.7 Å². The minimum atomic E-state index is -1.18. The van der Waals surface area contributed by atoms with E-state index in [4.69, 9.17) is 4.74 Å². The van der Waals surface area contributed by atoms with E-state index >= 15 is 0 Å². The Labute approximate surface area is 150 Å². The van der Waals surface area contributed by atoms with Crippen LogP contribution < -0.4 is 5.32 Å². The van der Waals surface area contributed by atoms with Gasteiger partial charge in [0.15, 0.2) is 4.93 Å². The summed E-state index contributed by atoms with van der Waals surface area (Å²) in [4.78, 5) is 29.1. The number of pyridine rings is 1. The molecule has 0 spiro atoms. The molecule has 2 heterocycles. The summed E-state index contributed by atoms with van der Waals surface area (Å²) in [7, 11) is 0. The summed E-state index contributed by atoms with van der Waals surface area (Å²) in [5.41, 5.74) is 0.908. The lowest BCUT2D eigenvalue weighted by atomic mass is 10.2. The second kappa shape index (κ2) is 7.67. The van der Waals surface area contributed by atoms with E-state index in [1.54, 1.807) is 13.1 Å². The fourth-order valence-electron chi connectivity index (χ4n) is 2.48. The van der Waals surface area contributed by atoms with Crippen LogP contribution in [0, 0.1) is 0 Å². The smallest absolute Gasteiger partial charge is 0.291 e. The van der Waals surface area contributed by atoms with Crippen LogP contribution in [0.4, 0.5) is 10.6 Å². The van der Waals surface area contributed by atoms with Crippen LogP contribution in [0.1, 0.15) is 12.5 Å². The zero-order chi connectivity index (χ0) is 17.7. The molecule has 2 amide bonds. The van der Waals surface area contributed by atoms with Crippen LogP contribution >= 0.6 is 11.8 Å². The van der Waals surface area contributed by atoms with E-state index in [1.165, 1.54) is 4.90 Å². The van der Waals surface area contributed by atoms with E-state index in [-0.39, 0.29) is 24.3 Å². The molecule has 7 heteroatoms. The lowest BCUT2D eigenvalue weighted by Crippen LogP contribution is -2.39. The zero-order valence-electron chi connectivity index (χ0n) is 13.8. The van der Waals surface area contributed by atoms with Gasteiger partial charge in [-0.05, 0) is 36.4 Å². The van der Waals surface area contributed by atoms with Crippen molar-refractivity contribution in [3.8, 4) is 0 Å². The van der Waals surface area contributed by atoms with Crippen LogP contribution in [0.3, 0.4) is 0 Å². The highest BCUT2D eigenvalue weighted by molar-refractivity contribution is 8.15. The monoisotopic (exact) mass is 357 g/mol. The molecule has 0 bridgehead atoms. The molecule has 0 saturated carbocycles. The van der Waals surface area contributed by atoms with E-state index in [0.717, 1.165) is 23.1 Å². The van der Waals surface area contributed by atoms with Crippen LogP contribution in [0.15, 0.2) is 54.7 Å². The number of anilines is 1. The standard InChI is InChI=1S/C18H19N3O3S/c1-18(24-12-11-20-15-9-5-6-10-19-15)16(22)21(17(23)25-18)13-14-7-3-2-4-8-14/h2-10H,11-13H2,1H3,(H,19,20). The molecule has 1 unspecified atom stereocenters. The first kappa shape index (κ1) is 17.4. The van der Waals surface area contributed by atoms with Crippen molar-refractivity contribution in [2.24, 2.45) is 0 Å². The van der Waals surface area contributed by atoms with Gasteiger partial charge in [0.1, 0.15) is 5.82 Å². The third kappa shape index (κ3) is 4.18. The number of imide groups is 1. The number of carbonyl (C=O) groups is 2. The number of carbonyl (C=O) groups excluding carboxylic acids is 2. The van der Waals surface area contributed by atoms with Crippen molar-refractivity contribution in [3.05, 3.63) is 60.3 Å². The van der Waals surface area contributed by atoms with Gasteiger partial charge in [-0.3, -0.25) is 14.5 Å². The Kier molecular flexibility index (Phi) is 5.35. The molecule has 0 radical (unpaired) electrons. The van der Waals surface area contributed by atoms with Crippen molar-refractivity contribution in [1.82, 2.24) is 9.88 Å². The largest absolute Gasteiger partial charge is 0.368 e. The summed E-state index contributed by atoms with van der Waals surface area (Å²) in [6, 6.07) is 15.0. The predicted molar refractivity (Wildman–Crippen MR) is 97.1 cm³/mol. The molecule has 130 valence electrons. The SMILES string of the molecule is CC1(OCCNc2ccccn2)SC(=O)N(Cc2ccccc2)C1=O. The molecular weight excluding hydrogens is 338 g/mol. The van der Waals surface area contributed by atoms with E-state index in [2.05, 4.69) is 10.3 Å². The quantitative estimate of drug-likeness (QED) is 0.768. The van der Waals surface area contributed by atoms with Gasteiger partial charge in [0, 0.05) is 12.7 Å². The van der Waals surface area contributed by atoms with Crippen LogP contribution in [-0.4, -0.2) is 39.1 Å². The lowest BCUT2D eigenvalue weighted by Gasteiger charge is -2.21. The number of hydrogen-bond donors (Lipinski definition) is 1. The number of aromatic nitrogens is 1. The van der Waals surface area contributed by atoms with Crippen LogP contribution in [0.2, 0.25) is 0 Å². The number of hydrogen-bond acceptors (Lipinski definition) is 6. The molecule has 1 atom stereocenters. The molecule has 6 nitrogen and oxygen atoms in total. The Morgan fingerprint density at radius 3 is 2.64 bits per heavy atom. The Morgan fingerprint density at radius 1 is 1.16 bits per heavy atom. The second-order valence-corrected chi connectivity index (χ2v) is 7.01. The van der Waals surface area contributed by atoms with E-state index in [0.29, 0.717) is 6.54 Å². The molecule has 1 fully saturated rings. The first-order valence-corrected chi connectivity index (χ1v) is 8.78. The number of nitrogens with zero attached hydrogens (tertiary/aromatic N) is 2. The van der Waals surface area contributed by atoms with E-state index in [9.17, 15) is 9.59 Å². The fraction of sp³-hybridized carbons (Fsp3) is 0.278. The third-order valence-electron chi connectivity index (χ3n) is 3.77. The number of rotatable bonds is 7. The summed E-state index contributed by atoms with van der Waals surface area (Å²) in [6.07, 6.45) is 1.70. The van der Waals surface area contributed by atoms with Crippen molar-refractivity contribution < 1.29 is 14.3 Å². The molecule has 1 aliphatic rings. The normalized spacial score (nSPS) is 20.1. The number of nitrogens with one attached hydrogen (secondary N) is 1. The van der Waals surface area contributed by atoms with Gasteiger partial charge in [-0.15, -0.1) is 0 Å². The van der Waals surface area contributed by atoms with Crippen LogP contribution in [0.25, 0.3) is 0 Å². The maximum atomic E-state index is 12.6. The highest BCUT2D eigenvalue weighted by Gasteiger charge is 2.50. The van der Waals surface area contributed by atoms with Gasteiger partial charge in [-0.1, -0.05) is 36.4 Å². The van der Waals surface area contributed by atoms with Gasteiger partial charge in [-0.25, -0.2) is 4.98 Å². The first-order chi connectivity index (χ1) is 12.1. The lowest BCUT2D eigenvalue weighted by molar-refractivity contribution is -0.141. The van der Waals surface area contributed by atoms with Crippen molar-refractivity contribution in [2.45, 2.75) is 18.4 Å². The molecule has 1 aromatic heterocycles. The molecule has 1 saturated heterocycles. The maximum Gasteiger partial charge on any atom is 0.291 e. The van der Waals surface area contributed by atoms with Crippen molar-refractivity contribution in [3.63, 3.8) is 0 Å². The van der Waals surface area contributed by atoms with Gasteiger partial charge < -0.3 is 10.1 Å². The average molecular weight is 357 g/mol. The van der Waals surface area contributed by atoms with Gasteiger partial charge >= 0.3 is 0 Å². The fourth-order valence-corrected chi connectivity index (χ4v) is 3.41. The molecule has 3 rings (SSSR count). The first-order valence-electron chi connectivity index (χ1n) is 7.96. The van der Waals surface area contributed by atoms with E-state index in [1.807, 2.05) is 48.5 Å². The number of amides is 2. The predicted octanol–water partition coefficient (Wildman–Crippen LogP) is 3.12. The van der Waals surface area contributed by atoms with Crippen LogP contribution in [0.5, 0.6) is 0 Å². The van der Waals surface area contributed by atoms with Gasteiger partial charge in [-0.2, -0.15) is 0 Å². The Bertz CT molecular complexity index is 742. The highest BCUT2D eigenvalue weighted by atomic mass is 32.2. The Hall–Kier alpha value is -2.38. The summed E-state index contributed by atoms with van der Waals surface area (Å²) >= 11 is 0.921. The molecular formula is C18H19N3O3S. The minimum Gasteiger partial charge on any atom is -0.368 e. The molecule has 25 heavy (non-hydrogen) atoms. The average Bonchev–Trinajstić information content (AvgIpc) is 2.84. The molecule has 2 aromatic rings. The summed E-state index contributed by atoms with van der Waals surface area (Å²) in [6.45, 7) is 2.69. The maximum absolute atomic E-state index is 12.6. The Balaban J connectivity index is 1.54. The second-order valence-electron chi connectivity index (χ2n) is 5.68. The molecule has 0 aliphatic carbocycles.